The number of nitrogens with zero attached hydrogens (tertiary/aromatic N) is 2. The Hall–Kier alpha value is -2.67. The van der Waals surface area contributed by atoms with Crippen molar-refractivity contribution in [1.82, 2.24) is 15.2 Å². The van der Waals surface area contributed by atoms with Crippen molar-refractivity contribution in [3.8, 4) is 5.75 Å². The molecule has 0 atom stereocenters. The summed E-state index contributed by atoms with van der Waals surface area (Å²) >= 11 is 4.93. The van der Waals surface area contributed by atoms with Gasteiger partial charge < -0.3 is 15.8 Å². The fourth-order valence-corrected chi connectivity index (χ4v) is 2.80. The number of H-pyrrole nitrogens is 1. The molecule has 3 rings (SSSR count). The highest BCUT2D eigenvalue weighted by molar-refractivity contribution is 7.80. The maximum absolute atomic E-state index is 6.05. The van der Waals surface area contributed by atoms with Gasteiger partial charge in [-0.15, -0.1) is 0 Å². The lowest BCUT2D eigenvalue weighted by molar-refractivity contribution is 0.309. The van der Waals surface area contributed by atoms with Crippen LogP contribution in [-0.2, 0) is 13.0 Å². The van der Waals surface area contributed by atoms with Crippen LogP contribution >= 0.6 is 12.2 Å². The Bertz CT molecular complexity index is 876. The molecule has 25 heavy (non-hydrogen) atoms. The van der Waals surface area contributed by atoms with Crippen molar-refractivity contribution < 1.29 is 4.74 Å². The van der Waals surface area contributed by atoms with Gasteiger partial charge in [0.1, 0.15) is 17.9 Å². The van der Waals surface area contributed by atoms with E-state index in [0.29, 0.717) is 18.3 Å². The minimum absolute atomic E-state index is 0.182. The van der Waals surface area contributed by atoms with Gasteiger partial charge in [-0.05, 0) is 59.9 Å². The van der Waals surface area contributed by atoms with Crippen molar-refractivity contribution in [2.75, 3.05) is 5.32 Å². The topological polar surface area (TPSA) is 88.8 Å². The van der Waals surface area contributed by atoms with Crippen molar-refractivity contribution >= 4 is 34.1 Å². The predicted molar refractivity (Wildman–Crippen MR) is 104 cm³/mol. The molecule has 0 bridgehead atoms. The van der Waals surface area contributed by atoms with E-state index in [9.17, 15) is 0 Å². The van der Waals surface area contributed by atoms with Gasteiger partial charge in [-0.3, -0.25) is 10.1 Å². The molecule has 0 aliphatic carbocycles. The molecule has 0 saturated carbocycles. The zero-order valence-corrected chi connectivity index (χ0v) is 15.1. The van der Waals surface area contributed by atoms with Gasteiger partial charge in [0.15, 0.2) is 10.9 Å². The highest BCUT2D eigenvalue weighted by Gasteiger charge is 2.14. The van der Waals surface area contributed by atoms with Gasteiger partial charge in [0, 0.05) is 17.8 Å². The van der Waals surface area contributed by atoms with E-state index in [1.54, 1.807) is 12.4 Å². The van der Waals surface area contributed by atoms with Crippen molar-refractivity contribution in [1.29, 1.82) is 0 Å². The Morgan fingerprint density at radius 3 is 2.72 bits per heavy atom. The lowest BCUT2D eigenvalue weighted by Gasteiger charge is -2.11. The van der Waals surface area contributed by atoms with Gasteiger partial charge in [-0.25, -0.2) is 0 Å². The third kappa shape index (κ3) is 4.24. The van der Waals surface area contributed by atoms with Gasteiger partial charge in [0.2, 0.25) is 0 Å². The van der Waals surface area contributed by atoms with Crippen LogP contribution in [0.2, 0.25) is 0 Å². The van der Waals surface area contributed by atoms with E-state index in [1.165, 1.54) is 5.56 Å². The SMILES string of the molecule is CC(C)Cc1cc(OCc2ccncc2)c2[nH]nc(NC(N)=S)c2c1. The molecule has 0 radical (unpaired) electrons. The molecule has 0 unspecified atom stereocenters. The van der Waals surface area contributed by atoms with Crippen LogP contribution in [0.5, 0.6) is 5.75 Å². The highest BCUT2D eigenvalue weighted by Crippen LogP contribution is 2.32. The van der Waals surface area contributed by atoms with Crippen LogP contribution in [0, 0.1) is 5.92 Å². The molecule has 2 aromatic heterocycles. The highest BCUT2D eigenvalue weighted by atomic mass is 32.1. The Morgan fingerprint density at radius 2 is 2.04 bits per heavy atom. The molecule has 6 nitrogen and oxygen atoms in total. The second kappa shape index (κ2) is 7.48. The van der Waals surface area contributed by atoms with Crippen molar-refractivity contribution in [2.45, 2.75) is 26.9 Å². The molecule has 3 aromatic rings. The Kier molecular flexibility index (Phi) is 5.14. The van der Waals surface area contributed by atoms with Crippen LogP contribution in [0.4, 0.5) is 5.82 Å². The summed E-state index contributed by atoms with van der Waals surface area (Å²) in [7, 11) is 0. The number of nitrogens with one attached hydrogen (secondary N) is 2. The van der Waals surface area contributed by atoms with Crippen molar-refractivity contribution in [3.63, 3.8) is 0 Å². The first-order valence-corrected chi connectivity index (χ1v) is 8.53. The standard InChI is InChI=1S/C18H21N5OS/c1-11(2)7-13-8-14-16(22-23-17(14)21-18(19)25)15(9-13)24-10-12-3-5-20-6-4-12/h3-6,8-9,11H,7,10H2,1-2H3,(H4,19,21,22,23,25). The number of aromatic amines is 1. The summed E-state index contributed by atoms with van der Waals surface area (Å²) < 4.78 is 6.05. The molecule has 0 aliphatic rings. The molecule has 1 aromatic carbocycles. The number of fused-ring (bicyclic) bond motifs is 1. The summed E-state index contributed by atoms with van der Waals surface area (Å²) in [4.78, 5) is 4.02. The van der Waals surface area contributed by atoms with Crippen LogP contribution in [0.15, 0.2) is 36.7 Å². The smallest absolute Gasteiger partial charge is 0.169 e. The monoisotopic (exact) mass is 355 g/mol. The lowest BCUT2D eigenvalue weighted by Crippen LogP contribution is -2.19. The summed E-state index contributed by atoms with van der Waals surface area (Å²) in [6.45, 7) is 4.83. The van der Waals surface area contributed by atoms with E-state index in [-0.39, 0.29) is 5.11 Å². The Balaban J connectivity index is 1.96. The van der Waals surface area contributed by atoms with Gasteiger partial charge in [0.25, 0.3) is 0 Å². The zero-order chi connectivity index (χ0) is 17.8. The number of thiocarbonyl (C=S) groups is 1. The number of nitrogens with two attached hydrogens (primary N) is 1. The fraction of sp³-hybridized carbons (Fsp3) is 0.278. The summed E-state index contributed by atoms with van der Waals surface area (Å²) in [5.74, 6) is 1.90. The van der Waals surface area contributed by atoms with Crippen molar-refractivity contribution in [2.24, 2.45) is 11.7 Å². The molecule has 0 spiro atoms. The molecular formula is C18H21N5OS. The largest absolute Gasteiger partial charge is 0.487 e. The predicted octanol–water partition coefficient (Wildman–Crippen LogP) is 3.39. The number of hydrogen-bond donors (Lipinski definition) is 3. The third-order valence-corrected chi connectivity index (χ3v) is 3.83. The fourth-order valence-electron chi connectivity index (χ4n) is 2.70. The average molecular weight is 355 g/mol. The van der Waals surface area contributed by atoms with Gasteiger partial charge in [-0.2, -0.15) is 5.10 Å². The molecule has 7 heteroatoms. The first-order valence-electron chi connectivity index (χ1n) is 8.12. The first-order chi connectivity index (χ1) is 12.0. The molecular weight excluding hydrogens is 334 g/mol. The second-order valence-corrected chi connectivity index (χ2v) is 6.76. The molecule has 0 saturated heterocycles. The van der Waals surface area contributed by atoms with Crippen LogP contribution in [0.1, 0.15) is 25.0 Å². The van der Waals surface area contributed by atoms with Gasteiger partial charge in [-0.1, -0.05) is 13.8 Å². The maximum atomic E-state index is 6.05. The normalized spacial score (nSPS) is 11.0. The van der Waals surface area contributed by atoms with E-state index in [0.717, 1.165) is 28.6 Å². The molecule has 2 heterocycles. The Labute approximate surface area is 151 Å². The second-order valence-electron chi connectivity index (χ2n) is 6.32. The number of rotatable bonds is 6. The maximum Gasteiger partial charge on any atom is 0.169 e. The summed E-state index contributed by atoms with van der Waals surface area (Å²) in [6.07, 6.45) is 4.45. The Morgan fingerprint density at radius 1 is 1.28 bits per heavy atom. The third-order valence-electron chi connectivity index (χ3n) is 3.73. The molecule has 0 aliphatic heterocycles. The average Bonchev–Trinajstić information content (AvgIpc) is 2.95. The summed E-state index contributed by atoms with van der Waals surface area (Å²) in [5.41, 5.74) is 8.65. The molecule has 4 N–H and O–H groups in total. The van der Waals surface area contributed by atoms with Crippen LogP contribution in [0.3, 0.4) is 0 Å². The van der Waals surface area contributed by atoms with Crippen molar-refractivity contribution in [3.05, 3.63) is 47.8 Å². The zero-order valence-electron chi connectivity index (χ0n) is 14.2. The number of benzene rings is 1. The quantitative estimate of drug-likeness (QED) is 0.587. The van der Waals surface area contributed by atoms with Crippen LogP contribution < -0.4 is 15.8 Å². The number of pyridine rings is 1. The first kappa shape index (κ1) is 17.2. The van der Waals surface area contributed by atoms with E-state index in [2.05, 4.69) is 46.5 Å². The van der Waals surface area contributed by atoms with E-state index >= 15 is 0 Å². The number of hydrogen-bond acceptors (Lipinski definition) is 4. The summed E-state index contributed by atoms with van der Waals surface area (Å²) in [6, 6.07) is 8.02. The van der Waals surface area contributed by atoms with Crippen LogP contribution in [-0.4, -0.2) is 20.3 Å². The van der Waals surface area contributed by atoms with E-state index in [4.69, 9.17) is 22.7 Å². The minimum Gasteiger partial charge on any atom is -0.487 e. The number of ether oxygens (including phenoxy) is 1. The number of aromatic nitrogens is 3. The molecule has 0 fully saturated rings. The van der Waals surface area contributed by atoms with E-state index in [1.807, 2.05) is 12.1 Å². The minimum atomic E-state index is 0.182. The molecule has 130 valence electrons. The van der Waals surface area contributed by atoms with Gasteiger partial charge in [0.05, 0.1) is 0 Å². The molecule has 0 amide bonds. The lowest BCUT2D eigenvalue weighted by atomic mass is 10.0. The number of anilines is 1. The summed E-state index contributed by atoms with van der Waals surface area (Å²) in [5, 5.41) is 11.3. The van der Waals surface area contributed by atoms with E-state index < -0.39 is 0 Å². The van der Waals surface area contributed by atoms with Gasteiger partial charge >= 0.3 is 0 Å². The van der Waals surface area contributed by atoms with Crippen LogP contribution in [0.25, 0.3) is 10.9 Å².